The van der Waals surface area contributed by atoms with Gasteiger partial charge in [0, 0.05) is 63.0 Å². The number of nitriles is 1. The highest BCUT2D eigenvalue weighted by Gasteiger charge is 2.17. The third-order valence-electron chi connectivity index (χ3n) is 4.83. The molecule has 0 atom stereocenters. The van der Waals surface area contributed by atoms with Crippen molar-refractivity contribution in [2.45, 2.75) is 0 Å². The molecule has 0 bridgehead atoms. The minimum atomic E-state index is 0.444. The fourth-order valence-corrected chi connectivity index (χ4v) is 3.39. The van der Waals surface area contributed by atoms with Gasteiger partial charge in [-0.2, -0.15) is 10.4 Å². The lowest BCUT2D eigenvalue weighted by atomic mass is 10.1. The van der Waals surface area contributed by atoms with Crippen molar-refractivity contribution in [2.75, 3.05) is 38.1 Å². The lowest BCUT2D eigenvalue weighted by Gasteiger charge is -2.28. The number of nitrogens with one attached hydrogen (secondary N) is 3. The van der Waals surface area contributed by atoms with Gasteiger partial charge in [0.15, 0.2) is 0 Å². The zero-order valence-electron chi connectivity index (χ0n) is 16.1. The second kappa shape index (κ2) is 8.08. The second-order valence-corrected chi connectivity index (χ2v) is 6.61. The summed E-state index contributed by atoms with van der Waals surface area (Å²) in [5, 5.41) is 27.8. The van der Waals surface area contributed by atoms with Crippen molar-refractivity contribution in [2.24, 2.45) is 0 Å². The van der Waals surface area contributed by atoms with E-state index in [4.69, 9.17) is 10.4 Å². The molecule has 0 aromatic carbocycles. The summed E-state index contributed by atoms with van der Waals surface area (Å²) in [5.41, 5.74) is 3.66. The molecule has 1 fully saturated rings. The zero-order valence-corrected chi connectivity index (χ0v) is 16.1. The number of rotatable bonds is 5. The van der Waals surface area contributed by atoms with E-state index in [-0.39, 0.29) is 0 Å². The highest BCUT2D eigenvalue weighted by atomic mass is 15.2. The maximum Gasteiger partial charge on any atom is 0.128 e. The number of pyridine rings is 1. The van der Waals surface area contributed by atoms with Crippen molar-refractivity contribution in [1.82, 2.24) is 30.2 Å². The Kier molecular flexibility index (Phi) is 5.18. The summed E-state index contributed by atoms with van der Waals surface area (Å²) < 4.78 is 1.63. The van der Waals surface area contributed by atoms with Crippen LogP contribution in [0.2, 0.25) is 0 Å². The van der Waals surface area contributed by atoms with Crippen LogP contribution in [0, 0.1) is 16.7 Å². The van der Waals surface area contributed by atoms with Gasteiger partial charge in [0.2, 0.25) is 0 Å². The lowest BCUT2D eigenvalue weighted by Crippen LogP contribution is -2.43. The minimum Gasteiger partial charge on any atom is -0.393 e. The second-order valence-electron chi connectivity index (χ2n) is 6.61. The first-order chi connectivity index (χ1) is 14.2. The summed E-state index contributed by atoms with van der Waals surface area (Å²) in [5.74, 6) is 0.923. The predicted molar refractivity (Wildman–Crippen MR) is 112 cm³/mol. The van der Waals surface area contributed by atoms with Crippen LogP contribution in [0.4, 0.5) is 5.82 Å². The first-order valence-corrected chi connectivity index (χ1v) is 9.34. The summed E-state index contributed by atoms with van der Waals surface area (Å²) in [6.45, 7) is 3.73. The molecule has 3 aromatic heterocycles. The van der Waals surface area contributed by atoms with Crippen LogP contribution in [-0.2, 0) is 0 Å². The molecule has 29 heavy (non-hydrogen) atoms. The van der Waals surface area contributed by atoms with Crippen molar-refractivity contribution >= 4 is 23.1 Å². The van der Waals surface area contributed by atoms with Crippen LogP contribution in [-0.4, -0.2) is 59.0 Å². The van der Waals surface area contributed by atoms with Gasteiger partial charge in [0.25, 0.3) is 0 Å². The summed E-state index contributed by atoms with van der Waals surface area (Å²) in [6, 6.07) is 6.13. The summed E-state index contributed by atoms with van der Waals surface area (Å²) in [7, 11) is 1.77. The van der Waals surface area contributed by atoms with Gasteiger partial charge >= 0.3 is 0 Å². The van der Waals surface area contributed by atoms with E-state index in [1.807, 2.05) is 12.1 Å². The first-order valence-electron chi connectivity index (χ1n) is 9.34. The molecular weight excluding hydrogens is 366 g/mol. The molecule has 0 spiro atoms. The molecular formula is C20H21N9. The average molecular weight is 387 g/mol. The number of allylic oxidation sites excluding steroid dienone is 1. The number of hydrogen-bond donors (Lipinski definition) is 3. The number of nitrogens with zero attached hydrogens (tertiary/aromatic N) is 6. The number of anilines is 1. The van der Waals surface area contributed by atoms with Crippen molar-refractivity contribution in [1.29, 1.82) is 10.7 Å². The van der Waals surface area contributed by atoms with Crippen LogP contribution in [0.5, 0.6) is 0 Å². The lowest BCUT2D eigenvalue weighted by molar-refractivity contribution is 0.585. The molecule has 1 aliphatic rings. The Morgan fingerprint density at radius 2 is 2.14 bits per heavy atom. The maximum atomic E-state index is 9.50. The Morgan fingerprint density at radius 3 is 2.79 bits per heavy atom. The zero-order chi connectivity index (χ0) is 20.2. The highest BCUT2D eigenvalue weighted by Crippen LogP contribution is 2.27. The molecule has 0 unspecified atom stereocenters. The number of hydrogen-bond acceptors (Lipinski definition) is 8. The standard InChI is InChI=1S/C20H21N9/c1-23-10-15(8-21)17-13-29-20(16(9-22)12-26-29)19(27-17)14-2-3-18(25-11-14)28-6-4-24-5-7-28/h2-3,8,10-13,21,23-24H,4-7H2,1H3/b15-10+,21-8?. The van der Waals surface area contributed by atoms with Crippen LogP contribution < -0.4 is 15.5 Å². The van der Waals surface area contributed by atoms with E-state index in [0.717, 1.165) is 37.6 Å². The largest absolute Gasteiger partial charge is 0.393 e. The molecule has 0 radical (unpaired) electrons. The van der Waals surface area contributed by atoms with Crippen LogP contribution in [0.1, 0.15) is 11.3 Å². The molecule has 9 nitrogen and oxygen atoms in total. The molecule has 9 heteroatoms. The van der Waals surface area contributed by atoms with Gasteiger partial charge < -0.3 is 20.9 Å². The molecule has 146 valence electrons. The molecule has 1 saturated heterocycles. The minimum absolute atomic E-state index is 0.444. The van der Waals surface area contributed by atoms with Crippen molar-refractivity contribution in [3.63, 3.8) is 0 Å². The van der Waals surface area contributed by atoms with Gasteiger partial charge in [-0.05, 0) is 12.1 Å². The summed E-state index contributed by atoms with van der Waals surface area (Å²) in [4.78, 5) is 11.6. The topological polar surface area (TPSA) is 118 Å². The first kappa shape index (κ1) is 18.6. The fourth-order valence-electron chi connectivity index (χ4n) is 3.39. The molecule has 4 rings (SSSR count). The molecule has 3 N–H and O–H groups in total. The normalized spacial score (nSPS) is 14.6. The van der Waals surface area contributed by atoms with Gasteiger partial charge in [0.1, 0.15) is 23.0 Å². The molecule has 4 heterocycles. The van der Waals surface area contributed by atoms with E-state index in [0.29, 0.717) is 28.0 Å². The van der Waals surface area contributed by atoms with Crippen molar-refractivity contribution < 1.29 is 0 Å². The van der Waals surface area contributed by atoms with E-state index in [1.54, 1.807) is 30.2 Å². The monoisotopic (exact) mass is 387 g/mol. The number of piperazine rings is 1. The van der Waals surface area contributed by atoms with Crippen LogP contribution in [0.25, 0.3) is 22.3 Å². The van der Waals surface area contributed by atoms with Crippen molar-refractivity contribution in [3.05, 3.63) is 48.2 Å². The predicted octanol–water partition coefficient (Wildman–Crippen LogP) is 1.28. The molecule has 0 amide bonds. The smallest absolute Gasteiger partial charge is 0.128 e. The quantitative estimate of drug-likeness (QED) is 0.565. The van der Waals surface area contributed by atoms with E-state index in [1.165, 1.54) is 12.4 Å². The number of fused-ring (bicyclic) bond motifs is 1. The molecule has 3 aromatic rings. The summed E-state index contributed by atoms with van der Waals surface area (Å²) >= 11 is 0. The fraction of sp³-hybridized carbons (Fsp3) is 0.250. The number of aromatic nitrogens is 4. The van der Waals surface area contributed by atoms with E-state index in [9.17, 15) is 5.26 Å². The Hall–Kier alpha value is -3.77. The van der Waals surface area contributed by atoms with Crippen molar-refractivity contribution in [3.8, 4) is 17.3 Å². The Morgan fingerprint density at radius 1 is 1.31 bits per heavy atom. The SMILES string of the molecule is CN/C=C(\C=N)c1cn2ncc(C#N)c2c(-c2ccc(N3CCNCC3)nc2)n1. The van der Waals surface area contributed by atoms with Gasteiger partial charge in [-0.1, -0.05) is 0 Å². The van der Waals surface area contributed by atoms with E-state index >= 15 is 0 Å². The molecule has 0 saturated carbocycles. The summed E-state index contributed by atoms with van der Waals surface area (Å²) in [6.07, 6.45) is 7.96. The maximum absolute atomic E-state index is 9.50. The van der Waals surface area contributed by atoms with Crippen LogP contribution in [0.3, 0.4) is 0 Å². The Balaban J connectivity index is 1.82. The molecule has 1 aliphatic heterocycles. The Labute approximate surface area is 168 Å². The Bertz CT molecular complexity index is 1100. The molecule has 0 aliphatic carbocycles. The third-order valence-corrected chi connectivity index (χ3v) is 4.83. The van der Waals surface area contributed by atoms with Gasteiger partial charge in [-0.3, -0.25) is 0 Å². The average Bonchev–Trinajstić information content (AvgIpc) is 3.21. The van der Waals surface area contributed by atoms with Crippen LogP contribution in [0.15, 0.2) is 36.9 Å². The van der Waals surface area contributed by atoms with Gasteiger partial charge in [0.05, 0.1) is 23.8 Å². The van der Waals surface area contributed by atoms with E-state index < -0.39 is 0 Å². The third kappa shape index (κ3) is 3.53. The van der Waals surface area contributed by atoms with Gasteiger partial charge in [-0.15, -0.1) is 0 Å². The van der Waals surface area contributed by atoms with Gasteiger partial charge in [-0.25, -0.2) is 14.5 Å². The van der Waals surface area contributed by atoms with E-state index in [2.05, 4.69) is 31.7 Å². The van der Waals surface area contributed by atoms with Crippen LogP contribution >= 0.6 is 0 Å². The highest BCUT2D eigenvalue weighted by molar-refractivity contribution is 6.07.